The highest BCUT2D eigenvalue weighted by Crippen LogP contribution is 2.17. The van der Waals surface area contributed by atoms with Gasteiger partial charge in [0, 0.05) is 29.9 Å². The van der Waals surface area contributed by atoms with Crippen molar-refractivity contribution < 1.29 is 9.53 Å². The Bertz CT molecular complexity index is 920. The van der Waals surface area contributed by atoms with Crippen LogP contribution in [0.5, 0.6) is 5.75 Å². The maximum Gasteiger partial charge on any atom is 0.251 e. The molecule has 0 fully saturated rings. The first-order valence-electron chi connectivity index (χ1n) is 8.96. The number of benzene rings is 2. The fraction of sp³-hybridized carbons (Fsp3) is 0.238. The molecule has 0 spiro atoms. The van der Waals surface area contributed by atoms with Crippen molar-refractivity contribution in [3.05, 3.63) is 81.6 Å². The van der Waals surface area contributed by atoms with Crippen LogP contribution in [0.4, 0.5) is 0 Å². The molecule has 0 atom stereocenters. The van der Waals surface area contributed by atoms with E-state index < -0.39 is 0 Å². The third-order valence-electron chi connectivity index (χ3n) is 4.14. The van der Waals surface area contributed by atoms with Gasteiger partial charge >= 0.3 is 0 Å². The molecule has 0 unspecified atom stereocenters. The van der Waals surface area contributed by atoms with Gasteiger partial charge < -0.3 is 10.1 Å². The topological polar surface area (TPSA) is 56.2 Å². The lowest BCUT2D eigenvalue weighted by Crippen LogP contribution is -2.25. The highest BCUT2D eigenvalue weighted by molar-refractivity contribution is 6.31. The summed E-state index contributed by atoms with van der Waals surface area (Å²) in [5.74, 6) is 0.622. The van der Waals surface area contributed by atoms with Crippen LogP contribution < -0.4 is 10.1 Å². The van der Waals surface area contributed by atoms with Gasteiger partial charge in [-0.3, -0.25) is 9.48 Å². The van der Waals surface area contributed by atoms with Gasteiger partial charge in [0.05, 0.1) is 10.7 Å². The van der Waals surface area contributed by atoms with E-state index in [9.17, 15) is 4.79 Å². The summed E-state index contributed by atoms with van der Waals surface area (Å²) in [6.45, 7) is 3.50. The number of carbonyl (C=O) groups is 1. The Balaban J connectivity index is 1.47. The molecule has 0 aliphatic heterocycles. The number of halogens is 2. The van der Waals surface area contributed by atoms with Gasteiger partial charge in [0.25, 0.3) is 5.91 Å². The van der Waals surface area contributed by atoms with Crippen LogP contribution in [0.15, 0.2) is 54.7 Å². The van der Waals surface area contributed by atoms with Gasteiger partial charge in [-0.1, -0.05) is 35.3 Å². The van der Waals surface area contributed by atoms with Crippen LogP contribution in [0.2, 0.25) is 10.0 Å². The van der Waals surface area contributed by atoms with E-state index in [0.717, 1.165) is 23.4 Å². The summed E-state index contributed by atoms with van der Waals surface area (Å²) >= 11 is 11.9. The quantitative estimate of drug-likeness (QED) is 0.530. The van der Waals surface area contributed by atoms with Crippen LogP contribution in [0.1, 0.15) is 28.0 Å². The minimum atomic E-state index is -0.108. The van der Waals surface area contributed by atoms with E-state index in [0.29, 0.717) is 35.3 Å². The monoisotopic (exact) mass is 417 g/mol. The lowest BCUT2D eigenvalue weighted by Gasteiger charge is -2.09. The second-order valence-electron chi connectivity index (χ2n) is 6.38. The first-order chi connectivity index (χ1) is 13.5. The van der Waals surface area contributed by atoms with E-state index in [2.05, 4.69) is 10.4 Å². The minimum absolute atomic E-state index is 0.108. The highest BCUT2D eigenvalue weighted by atomic mass is 35.5. The molecule has 0 aliphatic carbocycles. The molecule has 1 aromatic heterocycles. The number of hydrogen-bond donors (Lipinski definition) is 1. The zero-order valence-electron chi connectivity index (χ0n) is 15.5. The molecule has 2 aromatic carbocycles. The van der Waals surface area contributed by atoms with Crippen molar-refractivity contribution in [1.82, 2.24) is 15.1 Å². The molecule has 0 aliphatic rings. The van der Waals surface area contributed by atoms with Gasteiger partial charge in [0.1, 0.15) is 12.4 Å². The molecule has 5 nitrogen and oxygen atoms in total. The largest absolute Gasteiger partial charge is 0.489 e. The van der Waals surface area contributed by atoms with Crippen LogP contribution in [0.25, 0.3) is 0 Å². The fourth-order valence-corrected chi connectivity index (χ4v) is 2.93. The number of aromatic nitrogens is 2. The van der Waals surface area contributed by atoms with Crippen molar-refractivity contribution in [2.75, 3.05) is 6.54 Å². The van der Waals surface area contributed by atoms with E-state index in [-0.39, 0.29) is 5.91 Å². The summed E-state index contributed by atoms with van der Waals surface area (Å²) in [6, 6.07) is 14.6. The molecular weight excluding hydrogens is 397 g/mol. The smallest absolute Gasteiger partial charge is 0.251 e. The van der Waals surface area contributed by atoms with Gasteiger partial charge in [-0.05, 0) is 55.3 Å². The van der Waals surface area contributed by atoms with Crippen LogP contribution >= 0.6 is 23.2 Å². The number of ether oxygens (including phenoxy) is 1. The third kappa shape index (κ3) is 5.75. The Hall–Kier alpha value is -2.50. The Morgan fingerprint density at radius 1 is 1.18 bits per heavy atom. The molecule has 1 amide bonds. The summed E-state index contributed by atoms with van der Waals surface area (Å²) in [5.41, 5.74) is 2.34. The number of amides is 1. The van der Waals surface area contributed by atoms with Gasteiger partial charge in [0.15, 0.2) is 0 Å². The molecule has 7 heteroatoms. The molecule has 1 heterocycles. The lowest BCUT2D eigenvalue weighted by molar-refractivity contribution is 0.0952. The Labute approximate surface area is 174 Å². The minimum Gasteiger partial charge on any atom is -0.489 e. The molecule has 0 saturated carbocycles. The van der Waals surface area contributed by atoms with Gasteiger partial charge in [-0.2, -0.15) is 5.10 Å². The predicted molar refractivity (Wildman–Crippen MR) is 111 cm³/mol. The second kappa shape index (κ2) is 9.62. The van der Waals surface area contributed by atoms with E-state index in [1.165, 1.54) is 0 Å². The lowest BCUT2D eigenvalue weighted by atomic mass is 10.1. The number of carbonyl (C=O) groups excluding carboxylic acids is 1. The van der Waals surface area contributed by atoms with Crippen molar-refractivity contribution in [3.63, 3.8) is 0 Å². The van der Waals surface area contributed by atoms with Crippen LogP contribution in [0.3, 0.4) is 0 Å². The standard InChI is InChI=1S/C21H21Cl2N3O2/c1-15-20(23)13-26(25-15)11-3-10-24-21(27)17-5-2-4-16(12-17)14-28-19-8-6-18(22)7-9-19/h2,4-9,12-13H,3,10-11,14H2,1H3,(H,24,27). The maximum absolute atomic E-state index is 12.4. The van der Waals surface area contributed by atoms with Crippen LogP contribution in [-0.2, 0) is 13.2 Å². The van der Waals surface area contributed by atoms with Crippen LogP contribution in [0, 0.1) is 6.92 Å². The Kier molecular flexibility index (Phi) is 6.95. The molecule has 1 N–H and O–H groups in total. The average molecular weight is 418 g/mol. The van der Waals surface area contributed by atoms with E-state index in [1.54, 1.807) is 29.1 Å². The fourth-order valence-electron chi connectivity index (χ4n) is 2.65. The molecule has 0 saturated heterocycles. The third-order valence-corrected chi connectivity index (χ3v) is 4.77. The molecule has 28 heavy (non-hydrogen) atoms. The van der Waals surface area contributed by atoms with E-state index >= 15 is 0 Å². The summed E-state index contributed by atoms with van der Waals surface area (Å²) < 4.78 is 7.52. The normalized spacial score (nSPS) is 10.7. The predicted octanol–water partition coefficient (Wildman–Crippen LogP) is 4.90. The molecule has 3 rings (SSSR count). The number of rotatable bonds is 8. The zero-order valence-corrected chi connectivity index (χ0v) is 17.0. The summed E-state index contributed by atoms with van der Waals surface area (Å²) in [5, 5.41) is 8.55. The van der Waals surface area contributed by atoms with E-state index in [4.69, 9.17) is 27.9 Å². The summed E-state index contributed by atoms with van der Waals surface area (Å²) in [7, 11) is 0. The molecule has 0 radical (unpaired) electrons. The maximum atomic E-state index is 12.4. The number of nitrogens with zero attached hydrogens (tertiary/aromatic N) is 2. The van der Waals surface area contributed by atoms with Crippen molar-refractivity contribution in [2.24, 2.45) is 0 Å². The van der Waals surface area contributed by atoms with Gasteiger partial charge in [-0.25, -0.2) is 0 Å². The molecule has 3 aromatic rings. The van der Waals surface area contributed by atoms with E-state index in [1.807, 2.05) is 37.3 Å². The average Bonchev–Trinajstić information content (AvgIpc) is 3.02. The van der Waals surface area contributed by atoms with Crippen molar-refractivity contribution in [2.45, 2.75) is 26.5 Å². The summed E-state index contributed by atoms with van der Waals surface area (Å²) in [4.78, 5) is 12.4. The molecular formula is C21H21Cl2N3O2. The van der Waals surface area contributed by atoms with Crippen molar-refractivity contribution >= 4 is 29.1 Å². The zero-order chi connectivity index (χ0) is 19.9. The Morgan fingerprint density at radius 2 is 1.96 bits per heavy atom. The van der Waals surface area contributed by atoms with Crippen molar-refractivity contribution in [1.29, 1.82) is 0 Å². The van der Waals surface area contributed by atoms with Gasteiger partial charge in [-0.15, -0.1) is 0 Å². The number of nitrogens with one attached hydrogen (secondary N) is 1. The Morgan fingerprint density at radius 3 is 2.68 bits per heavy atom. The van der Waals surface area contributed by atoms with Gasteiger partial charge in [0.2, 0.25) is 0 Å². The summed E-state index contributed by atoms with van der Waals surface area (Å²) in [6.07, 6.45) is 2.56. The molecule has 146 valence electrons. The highest BCUT2D eigenvalue weighted by Gasteiger charge is 2.07. The second-order valence-corrected chi connectivity index (χ2v) is 7.22. The first-order valence-corrected chi connectivity index (χ1v) is 9.72. The van der Waals surface area contributed by atoms with Crippen LogP contribution in [-0.4, -0.2) is 22.2 Å². The van der Waals surface area contributed by atoms with Crippen molar-refractivity contribution in [3.8, 4) is 5.75 Å². The SMILES string of the molecule is Cc1nn(CCCNC(=O)c2cccc(COc3ccc(Cl)cc3)c2)cc1Cl. The molecule has 0 bridgehead atoms. The number of aryl methyl sites for hydroxylation is 2. The number of hydrogen-bond acceptors (Lipinski definition) is 3. The first kappa shape index (κ1) is 20.2.